The Bertz CT molecular complexity index is 168. The van der Waals surface area contributed by atoms with Crippen molar-refractivity contribution in [3.8, 4) is 0 Å². The fourth-order valence-corrected chi connectivity index (χ4v) is 0.794. The van der Waals surface area contributed by atoms with Gasteiger partial charge in [-0.25, -0.2) is 8.78 Å². The highest BCUT2D eigenvalue weighted by atomic mass is 19.2. The Hall–Kier alpha value is -0.660. The van der Waals surface area contributed by atoms with Gasteiger partial charge in [0.1, 0.15) is 5.83 Å². The standard InChI is InChI=1S/C7H8F2/c1-5-3-2-4-6(8)7(5)9/h2-3,6H,4H2,1H3. The number of rotatable bonds is 0. The normalized spacial score (nSPS) is 27.2. The van der Waals surface area contributed by atoms with Crippen LogP contribution in [0, 0.1) is 0 Å². The first-order valence-corrected chi connectivity index (χ1v) is 2.88. The zero-order valence-corrected chi connectivity index (χ0v) is 5.20. The Kier molecular flexibility index (Phi) is 1.65. The Morgan fingerprint density at radius 3 is 2.78 bits per heavy atom. The summed E-state index contributed by atoms with van der Waals surface area (Å²) in [4.78, 5) is 0. The molecule has 0 spiro atoms. The third-order valence-electron chi connectivity index (χ3n) is 1.36. The van der Waals surface area contributed by atoms with Crippen LogP contribution in [0.5, 0.6) is 0 Å². The van der Waals surface area contributed by atoms with Gasteiger partial charge in [-0.1, -0.05) is 12.2 Å². The average Bonchev–Trinajstić information content (AvgIpc) is 1.83. The molecule has 50 valence electrons. The molecular weight excluding hydrogens is 122 g/mol. The molecule has 1 aliphatic carbocycles. The summed E-state index contributed by atoms with van der Waals surface area (Å²) in [5, 5.41) is 0. The van der Waals surface area contributed by atoms with Crippen LogP contribution in [-0.4, -0.2) is 6.17 Å². The minimum Gasteiger partial charge on any atom is -0.239 e. The van der Waals surface area contributed by atoms with E-state index in [4.69, 9.17) is 0 Å². The van der Waals surface area contributed by atoms with Crippen molar-refractivity contribution in [3.05, 3.63) is 23.6 Å². The predicted molar refractivity (Wildman–Crippen MR) is 32.5 cm³/mol. The van der Waals surface area contributed by atoms with Gasteiger partial charge in [0.25, 0.3) is 0 Å². The maximum Gasteiger partial charge on any atom is 0.155 e. The summed E-state index contributed by atoms with van der Waals surface area (Å²) in [5.41, 5.74) is 0.411. The molecule has 2 heteroatoms. The number of hydrogen-bond acceptors (Lipinski definition) is 0. The van der Waals surface area contributed by atoms with E-state index in [-0.39, 0.29) is 6.42 Å². The number of alkyl halides is 1. The van der Waals surface area contributed by atoms with Crippen LogP contribution in [-0.2, 0) is 0 Å². The highest BCUT2D eigenvalue weighted by molar-refractivity contribution is 5.26. The van der Waals surface area contributed by atoms with E-state index >= 15 is 0 Å². The summed E-state index contributed by atoms with van der Waals surface area (Å²) in [6.45, 7) is 1.57. The molecule has 0 saturated heterocycles. The lowest BCUT2D eigenvalue weighted by Crippen LogP contribution is -2.03. The molecule has 1 aliphatic rings. The third-order valence-corrected chi connectivity index (χ3v) is 1.36. The molecule has 0 aromatic heterocycles. The van der Waals surface area contributed by atoms with Crippen molar-refractivity contribution < 1.29 is 8.78 Å². The van der Waals surface area contributed by atoms with Crippen LogP contribution in [0.15, 0.2) is 23.6 Å². The zero-order valence-electron chi connectivity index (χ0n) is 5.20. The van der Waals surface area contributed by atoms with Gasteiger partial charge in [0.15, 0.2) is 6.17 Å². The molecule has 0 radical (unpaired) electrons. The zero-order chi connectivity index (χ0) is 6.85. The van der Waals surface area contributed by atoms with Gasteiger partial charge >= 0.3 is 0 Å². The lowest BCUT2D eigenvalue weighted by molar-refractivity contribution is 0.322. The molecule has 0 aliphatic heterocycles. The summed E-state index contributed by atoms with van der Waals surface area (Å²) in [6, 6.07) is 0. The second-order valence-corrected chi connectivity index (χ2v) is 2.14. The van der Waals surface area contributed by atoms with Gasteiger partial charge in [-0.2, -0.15) is 0 Å². The van der Waals surface area contributed by atoms with Gasteiger partial charge in [-0.3, -0.25) is 0 Å². The minimum absolute atomic E-state index is 0.184. The molecular formula is C7H8F2. The van der Waals surface area contributed by atoms with Crippen LogP contribution in [0.1, 0.15) is 13.3 Å². The summed E-state index contributed by atoms with van der Waals surface area (Å²) in [5.74, 6) is -0.613. The topological polar surface area (TPSA) is 0 Å². The maximum absolute atomic E-state index is 12.4. The first-order valence-electron chi connectivity index (χ1n) is 2.88. The Morgan fingerprint density at radius 2 is 2.33 bits per heavy atom. The van der Waals surface area contributed by atoms with E-state index in [1.165, 1.54) is 0 Å². The molecule has 0 heterocycles. The quantitative estimate of drug-likeness (QED) is 0.472. The van der Waals surface area contributed by atoms with Crippen molar-refractivity contribution in [2.75, 3.05) is 0 Å². The summed E-state index contributed by atoms with van der Waals surface area (Å²) < 4.78 is 24.8. The Morgan fingerprint density at radius 1 is 1.67 bits per heavy atom. The van der Waals surface area contributed by atoms with E-state index < -0.39 is 12.0 Å². The molecule has 0 amide bonds. The number of allylic oxidation sites excluding steroid dienone is 4. The molecule has 1 unspecified atom stereocenters. The van der Waals surface area contributed by atoms with Crippen LogP contribution < -0.4 is 0 Å². The van der Waals surface area contributed by atoms with Gasteiger partial charge in [-0.15, -0.1) is 0 Å². The molecule has 1 atom stereocenters. The van der Waals surface area contributed by atoms with Gasteiger partial charge in [0, 0.05) is 6.42 Å². The first-order chi connectivity index (χ1) is 4.22. The predicted octanol–water partition coefficient (Wildman–Crippen LogP) is 2.53. The summed E-state index contributed by atoms with van der Waals surface area (Å²) in [6.07, 6.45) is 2.03. The van der Waals surface area contributed by atoms with Crippen molar-refractivity contribution in [2.24, 2.45) is 0 Å². The van der Waals surface area contributed by atoms with Crippen molar-refractivity contribution in [1.82, 2.24) is 0 Å². The smallest absolute Gasteiger partial charge is 0.155 e. The van der Waals surface area contributed by atoms with E-state index in [0.717, 1.165) is 0 Å². The van der Waals surface area contributed by atoms with Crippen LogP contribution in [0.25, 0.3) is 0 Å². The van der Waals surface area contributed by atoms with Crippen LogP contribution in [0.2, 0.25) is 0 Å². The van der Waals surface area contributed by atoms with Crippen molar-refractivity contribution in [3.63, 3.8) is 0 Å². The van der Waals surface area contributed by atoms with E-state index in [9.17, 15) is 8.78 Å². The van der Waals surface area contributed by atoms with Gasteiger partial charge < -0.3 is 0 Å². The van der Waals surface area contributed by atoms with E-state index in [1.54, 1.807) is 19.1 Å². The van der Waals surface area contributed by atoms with Crippen molar-refractivity contribution >= 4 is 0 Å². The molecule has 0 N–H and O–H groups in total. The van der Waals surface area contributed by atoms with Crippen molar-refractivity contribution in [2.45, 2.75) is 19.5 Å². The van der Waals surface area contributed by atoms with E-state index in [0.29, 0.717) is 5.57 Å². The average molecular weight is 130 g/mol. The van der Waals surface area contributed by atoms with Gasteiger partial charge in [0.05, 0.1) is 0 Å². The van der Waals surface area contributed by atoms with Crippen LogP contribution in [0.4, 0.5) is 8.78 Å². The highest BCUT2D eigenvalue weighted by Gasteiger charge is 2.15. The van der Waals surface area contributed by atoms with E-state index in [2.05, 4.69) is 0 Å². The SMILES string of the molecule is CC1=C(F)C(F)CC=C1. The lowest BCUT2D eigenvalue weighted by atomic mass is 10.1. The second kappa shape index (κ2) is 2.29. The lowest BCUT2D eigenvalue weighted by Gasteiger charge is -2.08. The van der Waals surface area contributed by atoms with Gasteiger partial charge in [0.2, 0.25) is 0 Å². The Labute approximate surface area is 52.9 Å². The maximum atomic E-state index is 12.4. The molecule has 0 nitrogen and oxygen atoms in total. The largest absolute Gasteiger partial charge is 0.239 e. The molecule has 0 fully saturated rings. The monoisotopic (exact) mass is 130 g/mol. The first kappa shape index (κ1) is 6.46. The van der Waals surface area contributed by atoms with Gasteiger partial charge in [-0.05, 0) is 12.5 Å². The number of hydrogen-bond donors (Lipinski definition) is 0. The van der Waals surface area contributed by atoms with Crippen molar-refractivity contribution in [1.29, 1.82) is 0 Å². The molecule has 1 rings (SSSR count). The van der Waals surface area contributed by atoms with E-state index in [1.807, 2.05) is 0 Å². The highest BCUT2D eigenvalue weighted by Crippen LogP contribution is 2.22. The second-order valence-electron chi connectivity index (χ2n) is 2.14. The summed E-state index contributed by atoms with van der Waals surface area (Å²) in [7, 11) is 0. The summed E-state index contributed by atoms with van der Waals surface area (Å²) >= 11 is 0. The third kappa shape index (κ3) is 1.18. The fourth-order valence-electron chi connectivity index (χ4n) is 0.794. The molecule has 0 aromatic carbocycles. The molecule has 0 bridgehead atoms. The minimum atomic E-state index is -1.39. The van der Waals surface area contributed by atoms with Crippen LogP contribution in [0.3, 0.4) is 0 Å². The number of halogens is 2. The molecule has 0 saturated carbocycles. The van der Waals surface area contributed by atoms with Crippen LogP contribution >= 0.6 is 0 Å². The fraction of sp³-hybridized carbons (Fsp3) is 0.429. The molecule has 9 heavy (non-hydrogen) atoms. The Balaban J connectivity index is 2.83. The molecule has 0 aromatic rings.